The second-order valence-electron chi connectivity index (χ2n) is 8.22. The summed E-state index contributed by atoms with van der Waals surface area (Å²) in [5.41, 5.74) is 2.26. The summed E-state index contributed by atoms with van der Waals surface area (Å²) in [6.07, 6.45) is 3.33. The average molecular weight is 421 g/mol. The minimum atomic E-state index is -0.413. The van der Waals surface area contributed by atoms with Gasteiger partial charge in [-0.3, -0.25) is 14.5 Å². The molecule has 31 heavy (non-hydrogen) atoms. The molecule has 1 atom stereocenters. The van der Waals surface area contributed by atoms with Crippen LogP contribution in [0.15, 0.2) is 54.6 Å². The average Bonchev–Trinajstić information content (AvgIpc) is 3.09. The van der Waals surface area contributed by atoms with Gasteiger partial charge in [0.05, 0.1) is 30.3 Å². The van der Waals surface area contributed by atoms with Gasteiger partial charge in [-0.25, -0.2) is 9.69 Å². The van der Waals surface area contributed by atoms with E-state index in [2.05, 4.69) is 29.2 Å². The van der Waals surface area contributed by atoms with Gasteiger partial charge < -0.3 is 4.74 Å². The highest BCUT2D eigenvalue weighted by atomic mass is 16.5. The minimum absolute atomic E-state index is 0.171. The number of benzene rings is 2. The molecule has 2 aromatic rings. The molecule has 2 aromatic carbocycles. The molecule has 2 aliphatic heterocycles. The lowest BCUT2D eigenvalue weighted by Gasteiger charge is -2.34. The van der Waals surface area contributed by atoms with Crippen LogP contribution < -0.4 is 4.90 Å². The number of hydrogen-bond donors (Lipinski definition) is 0. The number of nitrogens with zero attached hydrogens (tertiary/aromatic N) is 2. The van der Waals surface area contributed by atoms with Crippen molar-refractivity contribution in [1.82, 2.24) is 4.90 Å². The lowest BCUT2D eigenvalue weighted by molar-refractivity contribution is -0.123. The topological polar surface area (TPSA) is 66.9 Å². The van der Waals surface area contributed by atoms with Crippen molar-refractivity contribution in [2.75, 3.05) is 24.6 Å². The predicted octanol–water partition coefficient (Wildman–Crippen LogP) is 3.45. The maximum atomic E-state index is 13.1. The molecule has 0 unspecified atom stereocenters. The summed E-state index contributed by atoms with van der Waals surface area (Å²) in [7, 11) is 0. The van der Waals surface area contributed by atoms with Crippen LogP contribution in [0.2, 0.25) is 0 Å². The van der Waals surface area contributed by atoms with E-state index in [9.17, 15) is 14.4 Å². The van der Waals surface area contributed by atoms with Gasteiger partial charge in [-0.05, 0) is 75.0 Å². The van der Waals surface area contributed by atoms with Crippen LogP contribution in [0.1, 0.15) is 42.1 Å². The lowest BCUT2D eigenvalue weighted by Crippen LogP contribution is -2.46. The van der Waals surface area contributed by atoms with Crippen molar-refractivity contribution in [3.05, 3.63) is 65.7 Å². The van der Waals surface area contributed by atoms with E-state index in [-0.39, 0.29) is 18.2 Å². The Morgan fingerprint density at radius 1 is 1.00 bits per heavy atom. The first-order valence-corrected chi connectivity index (χ1v) is 11.0. The summed E-state index contributed by atoms with van der Waals surface area (Å²) in [5, 5.41) is 0. The Morgan fingerprint density at radius 2 is 1.68 bits per heavy atom. The largest absolute Gasteiger partial charge is 0.462 e. The molecule has 0 radical (unpaired) electrons. The number of anilines is 1. The molecule has 6 heteroatoms. The normalized spacial score (nSPS) is 20.3. The summed E-state index contributed by atoms with van der Waals surface area (Å²) in [6.45, 7) is 3.71. The molecule has 162 valence electrons. The summed E-state index contributed by atoms with van der Waals surface area (Å²) in [6, 6.07) is 16.6. The van der Waals surface area contributed by atoms with Gasteiger partial charge in [-0.15, -0.1) is 0 Å². The molecule has 0 aromatic heterocycles. The van der Waals surface area contributed by atoms with E-state index in [0.717, 1.165) is 32.4 Å². The van der Waals surface area contributed by atoms with Crippen LogP contribution >= 0.6 is 0 Å². The maximum absolute atomic E-state index is 13.1. The van der Waals surface area contributed by atoms with E-state index in [4.69, 9.17) is 4.74 Å². The molecule has 2 amide bonds. The molecule has 2 saturated heterocycles. The van der Waals surface area contributed by atoms with Crippen LogP contribution in [0.3, 0.4) is 0 Å². The zero-order valence-corrected chi connectivity index (χ0v) is 17.8. The minimum Gasteiger partial charge on any atom is -0.462 e. The molecule has 0 N–H and O–H groups in total. The van der Waals surface area contributed by atoms with Gasteiger partial charge in [0, 0.05) is 0 Å². The Kier molecular flexibility index (Phi) is 6.47. The molecular formula is C25H28N2O4. The quantitative estimate of drug-likeness (QED) is 0.529. The first-order chi connectivity index (χ1) is 15.1. The molecule has 6 nitrogen and oxygen atoms in total. The zero-order chi connectivity index (χ0) is 21.8. The van der Waals surface area contributed by atoms with Crippen molar-refractivity contribution in [2.24, 2.45) is 5.92 Å². The second-order valence-corrected chi connectivity index (χ2v) is 8.22. The van der Waals surface area contributed by atoms with E-state index < -0.39 is 12.0 Å². The van der Waals surface area contributed by atoms with Gasteiger partial charge in [-0.1, -0.05) is 30.3 Å². The van der Waals surface area contributed by atoms with Crippen LogP contribution in [0.25, 0.3) is 0 Å². The summed E-state index contributed by atoms with van der Waals surface area (Å²) < 4.78 is 4.98. The highest BCUT2D eigenvalue weighted by Crippen LogP contribution is 2.30. The van der Waals surface area contributed by atoms with Crippen LogP contribution in [0.4, 0.5) is 5.69 Å². The van der Waals surface area contributed by atoms with E-state index in [1.807, 2.05) is 6.07 Å². The Bertz CT molecular complexity index is 934. The fourth-order valence-corrected chi connectivity index (χ4v) is 4.55. The molecule has 0 aliphatic carbocycles. The zero-order valence-electron chi connectivity index (χ0n) is 17.8. The molecule has 2 heterocycles. The third kappa shape index (κ3) is 4.69. The fourth-order valence-electron chi connectivity index (χ4n) is 4.55. The van der Waals surface area contributed by atoms with E-state index >= 15 is 0 Å². The van der Waals surface area contributed by atoms with Crippen LogP contribution in [-0.4, -0.2) is 48.4 Å². The number of hydrogen-bond acceptors (Lipinski definition) is 5. The number of piperidine rings is 1. The van der Waals surface area contributed by atoms with Gasteiger partial charge in [0.15, 0.2) is 0 Å². The number of likely N-dealkylation sites (tertiary alicyclic amines) is 1. The van der Waals surface area contributed by atoms with E-state index in [0.29, 0.717) is 23.8 Å². The van der Waals surface area contributed by atoms with Crippen molar-refractivity contribution in [3.8, 4) is 0 Å². The van der Waals surface area contributed by atoms with Gasteiger partial charge in [0.2, 0.25) is 5.91 Å². The molecule has 2 aliphatic rings. The number of carbonyl (C=O) groups is 3. The Morgan fingerprint density at radius 3 is 2.32 bits per heavy atom. The second kappa shape index (κ2) is 9.43. The van der Waals surface area contributed by atoms with Gasteiger partial charge in [0.1, 0.15) is 0 Å². The van der Waals surface area contributed by atoms with E-state index in [1.54, 1.807) is 31.2 Å². The van der Waals surface area contributed by atoms with Crippen LogP contribution in [0, 0.1) is 5.92 Å². The van der Waals surface area contributed by atoms with Crippen molar-refractivity contribution in [3.63, 3.8) is 0 Å². The fraction of sp³-hybridized carbons (Fsp3) is 0.400. The summed E-state index contributed by atoms with van der Waals surface area (Å²) in [5.74, 6) is -0.164. The van der Waals surface area contributed by atoms with Crippen molar-refractivity contribution < 1.29 is 19.1 Å². The van der Waals surface area contributed by atoms with Gasteiger partial charge >= 0.3 is 5.97 Å². The molecule has 0 bridgehead atoms. The third-order valence-electron chi connectivity index (χ3n) is 6.22. The number of rotatable bonds is 6. The third-order valence-corrected chi connectivity index (χ3v) is 6.22. The molecule has 0 spiro atoms. The smallest absolute Gasteiger partial charge is 0.338 e. The first kappa shape index (κ1) is 21.2. The van der Waals surface area contributed by atoms with Crippen molar-refractivity contribution in [2.45, 2.75) is 38.6 Å². The van der Waals surface area contributed by atoms with Crippen molar-refractivity contribution in [1.29, 1.82) is 0 Å². The molecule has 2 fully saturated rings. The van der Waals surface area contributed by atoms with Gasteiger partial charge in [-0.2, -0.15) is 0 Å². The number of imide groups is 1. The SMILES string of the molecule is CCOC(=O)c1ccc(N2C(=O)C[C@@H](N3CCC(Cc4ccccc4)CC3)C2=O)cc1. The van der Waals surface area contributed by atoms with Crippen LogP contribution in [-0.2, 0) is 20.7 Å². The molecule has 4 rings (SSSR count). The Labute approximate surface area is 182 Å². The first-order valence-electron chi connectivity index (χ1n) is 11.0. The van der Waals surface area contributed by atoms with Gasteiger partial charge in [0.25, 0.3) is 5.91 Å². The number of ether oxygens (including phenoxy) is 1. The highest BCUT2D eigenvalue weighted by molar-refractivity contribution is 6.22. The number of amides is 2. The maximum Gasteiger partial charge on any atom is 0.338 e. The summed E-state index contributed by atoms with van der Waals surface area (Å²) in [4.78, 5) is 41.0. The Hall–Kier alpha value is -2.99. The summed E-state index contributed by atoms with van der Waals surface area (Å²) >= 11 is 0. The molecular weight excluding hydrogens is 392 g/mol. The molecule has 0 saturated carbocycles. The standard InChI is InChI=1S/C25H28N2O4/c1-2-31-25(30)20-8-10-21(11-9-20)27-23(28)17-22(24(27)29)26-14-12-19(13-15-26)16-18-6-4-3-5-7-18/h3-11,19,22H,2,12-17H2,1H3/t22-/m1/s1. The highest BCUT2D eigenvalue weighted by Gasteiger charge is 2.43. The Balaban J connectivity index is 1.37. The number of esters is 1. The number of carbonyl (C=O) groups excluding carboxylic acids is 3. The van der Waals surface area contributed by atoms with Crippen molar-refractivity contribution >= 4 is 23.5 Å². The predicted molar refractivity (Wildman–Crippen MR) is 118 cm³/mol. The van der Waals surface area contributed by atoms with Crippen LogP contribution in [0.5, 0.6) is 0 Å². The monoisotopic (exact) mass is 420 g/mol. The van der Waals surface area contributed by atoms with E-state index in [1.165, 1.54) is 10.5 Å². The lowest BCUT2D eigenvalue weighted by atomic mass is 9.89.